The summed E-state index contributed by atoms with van der Waals surface area (Å²) in [6.45, 7) is 8.72. The largest absolute Gasteiger partial charge is 0.507 e. The first-order valence-corrected chi connectivity index (χ1v) is 12.9. The summed E-state index contributed by atoms with van der Waals surface area (Å²) in [6, 6.07) is 12.2. The van der Waals surface area contributed by atoms with E-state index in [1.54, 1.807) is 48.4 Å². The Kier molecular flexibility index (Phi) is 8.02. The lowest BCUT2D eigenvalue weighted by Crippen LogP contribution is -2.52. The van der Waals surface area contributed by atoms with Crippen LogP contribution >= 0.6 is 0 Å². The third-order valence-corrected chi connectivity index (χ3v) is 7.08. The second-order valence-corrected chi connectivity index (χ2v) is 9.47. The number of unbranched alkanes of at least 4 members (excludes halogenated alkanes) is 1. The fourth-order valence-electron chi connectivity index (χ4n) is 5.32. The molecule has 38 heavy (non-hydrogen) atoms. The number of Topliss-reactive ketones (excluding diaryl/α,β-unsaturated/α-hetero) is 1. The highest BCUT2D eigenvalue weighted by Gasteiger charge is 2.66. The lowest BCUT2D eigenvalue weighted by Gasteiger charge is -2.34. The number of nitrogens with zero attached hydrogens (tertiary/aromatic N) is 2. The van der Waals surface area contributed by atoms with Crippen molar-refractivity contribution in [3.63, 3.8) is 0 Å². The Bertz CT molecular complexity index is 1300. The van der Waals surface area contributed by atoms with Gasteiger partial charge in [0.2, 0.25) is 0 Å². The molecule has 0 aliphatic carbocycles. The molecule has 0 aromatic heterocycles. The molecule has 0 bridgehead atoms. The van der Waals surface area contributed by atoms with Crippen LogP contribution in [0.4, 0.5) is 5.69 Å². The van der Waals surface area contributed by atoms with Crippen LogP contribution in [0.1, 0.15) is 42.9 Å². The number of fused-ring (bicyclic) bond motifs is 2. The first-order valence-electron chi connectivity index (χ1n) is 12.9. The predicted octanol–water partition coefficient (Wildman–Crippen LogP) is 4.32. The van der Waals surface area contributed by atoms with E-state index in [0.29, 0.717) is 48.7 Å². The highest BCUT2D eigenvalue weighted by molar-refractivity contribution is 6.50. The summed E-state index contributed by atoms with van der Waals surface area (Å²) >= 11 is 0. The number of aliphatic hydroxyl groups is 1. The number of amides is 2. The van der Waals surface area contributed by atoms with Crippen LogP contribution in [0.25, 0.3) is 5.76 Å². The van der Waals surface area contributed by atoms with Gasteiger partial charge in [0.1, 0.15) is 18.1 Å². The molecule has 2 aromatic carbocycles. The van der Waals surface area contributed by atoms with Crippen molar-refractivity contribution in [1.29, 1.82) is 0 Å². The quantitative estimate of drug-likeness (QED) is 0.157. The van der Waals surface area contributed by atoms with Crippen LogP contribution in [0.5, 0.6) is 5.75 Å². The van der Waals surface area contributed by atoms with Crippen molar-refractivity contribution >= 4 is 29.0 Å². The number of carbonyl (C=O) groups is 3. The molecule has 8 heteroatoms. The standard InChI is InChI=1S/C30H34N2O6/c1-5-7-15-31-23-12-9-8-11-22(23)30(29(31)36)25(27(34)28(35)32(30)16-10-18-37-4)26(33)21-13-14-24(20(3)19-21)38-17-6-2/h6,8-9,11-14,19,33H,2,5,7,10,15-18H2,1,3-4H3/b26-25+. The van der Waals surface area contributed by atoms with Gasteiger partial charge in [-0.1, -0.05) is 44.2 Å². The number of para-hydroxylation sites is 1. The van der Waals surface area contributed by atoms with Crippen molar-refractivity contribution in [3.8, 4) is 5.75 Å². The van der Waals surface area contributed by atoms with Crippen LogP contribution in [0.2, 0.25) is 0 Å². The fourth-order valence-corrected chi connectivity index (χ4v) is 5.32. The van der Waals surface area contributed by atoms with E-state index in [2.05, 4.69) is 6.58 Å². The number of methoxy groups -OCH3 is 1. The number of hydrogen-bond acceptors (Lipinski definition) is 6. The minimum absolute atomic E-state index is 0.115. The average molecular weight is 519 g/mol. The second kappa shape index (κ2) is 11.2. The van der Waals surface area contributed by atoms with E-state index in [1.807, 2.05) is 26.0 Å². The summed E-state index contributed by atoms with van der Waals surface area (Å²) in [7, 11) is 1.55. The first-order chi connectivity index (χ1) is 18.3. The van der Waals surface area contributed by atoms with Gasteiger partial charge in [0.15, 0.2) is 5.54 Å². The number of ketones is 1. The molecule has 2 aliphatic heterocycles. The monoisotopic (exact) mass is 518 g/mol. The predicted molar refractivity (Wildman–Crippen MR) is 145 cm³/mol. The molecule has 1 unspecified atom stereocenters. The number of ether oxygens (including phenoxy) is 2. The minimum Gasteiger partial charge on any atom is -0.507 e. The Morgan fingerprint density at radius 2 is 1.87 bits per heavy atom. The Morgan fingerprint density at radius 1 is 1.11 bits per heavy atom. The molecular formula is C30H34N2O6. The zero-order valence-electron chi connectivity index (χ0n) is 22.2. The number of aryl methyl sites for hydroxylation is 1. The maximum absolute atomic E-state index is 14.4. The molecule has 8 nitrogen and oxygen atoms in total. The van der Waals surface area contributed by atoms with Crippen molar-refractivity contribution in [1.82, 2.24) is 4.90 Å². The zero-order valence-corrected chi connectivity index (χ0v) is 22.2. The number of benzene rings is 2. The Labute approximate surface area is 223 Å². The lowest BCUT2D eigenvalue weighted by molar-refractivity contribution is -0.143. The second-order valence-electron chi connectivity index (χ2n) is 9.47. The van der Waals surface area contributed by atoms with Crippen molar-refractivity contribution < 1.29 is 29.0 Å². The third-order valence-electron chi connectivity index (χ3n) is 7.08. The van der Waals surface area contributed by atoms with Crippen LogP contribution in [-0.2, 0) is 24.7 Å². The SMILES string of the molecule is C=CCOc1ccc(/C(O)=C2/C(=O)C(=O)N(CCCOC)C23C(=O)N(CCCC)c2ccccc23)cc1C. The normalized spacial score (nSPS) is 19.9. The fraction of sp³-hybridized carbons (Fsp3) is 0.367. The van der Waals surface area contributed by atoms with Crippen LogP contribution in [0.3, 0.4) is 0 Å². The summed E-state index contributed by atoms with van der Waals surface area (Å²) in [6.07, 6.45) is 3.66. The van der Waals surface area contributed by atoms with Crippen LogP contribution in [0.15, 0.2) is 60.7 Å². The number of carbonyl (C=O) groups excluding carboxylic acids is 3. The van der Waals surface area contributed by atoms with Gasteiger partial charge in [0, 0.05) is 37.9 Å². The third kappa shape index (κ3) is 4.28. The van der Waals surface area contributed by atoms with Gasteiger partial charge in [0.05, 0.1) is 11.3 Å². The molecule has 0 saturated carbocycles. The summed E-state index contributed by atoms with van der Waals surface area (Å²) in [5, 5.41) is 11.6. The summed E-state index contributed by atoms with van der Waals surface area (Å²) < 4.78 is 10.8. The molecule has 1 spiro atoms. The highest BCUT2D eigenvalue weighted by atomic mass is 16.5. The van der Waals surface area contributed by atoms with Gasteiger partial charge in [-0.3, -0.25) is 14.4 Å². The molecule has 2 aliphatic rings. The van der Waals surface area contributed by atoms with Crippen LogP contribution < -0.4 is 9.64 Å². The van der Waals surface area contributed by atoms with E-state index >= 15 is 0 Å². The van der Waals surface area contributed by atoms with Gasteiger partial charge in [-0.05, 0) is 49.6 Å². The first kappa shape index (κ1) is 27.1. The topological polar surface area (TPSA) is 96.4 Å². The van der Waals surface area contributed by atoms with E-state index in [4.69, 9.17) is 9.47 Å². The highest BCUT2D eigenvalue weighted by Crippen LogP contribution is 2.53. The summed E-state index contributed by atoms with van der Waals surface area (Å²) in [4.78, 5) is 44.5. The van der Waals surface area contributed by atoms with Gasteiger partial charge in [-0.15, -0.1) is 0 Å². The Morgan fingerprint density at radius 3 is 2.55 bits per heavy atom. The maximum Gasteiger partial charge on any atom is 0.296 e. The molecule has 1 atom stereocenters. The molecule has 1 fully saturated rings. The summed E-state index contributed by atoms with van der Waals surface area (Å²) in [5.74, 6) is -1.90. The molecule has 0 radical (unpaired) electrons. The van der Waals surface area contributed by atoms with Crippen LogP contribution in [0, 0.1) is 6.92 Å². The van der Waals surface area contributed by atoms with Gasteiger partial charge < -0.3 is 24.4 Å². The molecule has 2 aromatic rings. The van der Waals surface area contributed by atoms with E-state index in [0.717, 1.165) is 18.4 Å². The van der Waals surface area contributed by atoms with Crippen molar-refractivity contribution in [2.75, 3.05) is 38.3 Å². The van der Waals surface area contributed by atoms with E-state index in [-0.39, 0.29) is 12.1 Å². The molecule has 2 amide bonds. The molecule has 1 N–H and O–H groups in total. The van der Waals surface area contributed by atoms with Gasteiger partial charge in [-0.2, -0.15) is 0 Å². The number of aliphatic hydroxyl groups excluding tert-OH is 1. The van der Waals surface area contributed by atoms with Crippen molar-refractivity contribution in [3.05, 3.63) is 77.4 Å². The van der Waals surface area contributed by atoms with Gasteiger partial charge in [-0.25, -0.2) is 0 Å². The molecular weight excluding hydrogens is 484 g/mol. The number of rotatable bonds is 11. The molecule has 2 heterocycles. The van der Waals surface area contributed by atoms with E-state index in [1.165, 1.54) is 4.90 Å². The molecule has 200 valence electrons. The van der Waals surface area contributed by atoms with Crippen molar-refractivity contribution in [2.45, 2.75) is 38.6 Å². The van der Waals surface area contributed by atoms with Crippen molar-refractivity contribution in [2.24, 2.45) is 0 Å². The number of hydrogen-bond donors (Lipinski definition) is 1. The molecule has 1 saturated heterocycles. The van der Waals surface area contributed by atoms with Gasteiger partial charge >= 0.3 is 0 Å². The molecule has 4 rings (SSSR count). The zero-order chi connectivity index (χ0) is 27.4. The minimum atomic E-state index is -1.76. The Hall–Kier alpha value is -3.91. The number of likely N-dealkylation sites (tertiary alicyclic amines) is 1. The van der Waals surface area contributed by atoms with Crippen LogP contribution in [-0.4, -0.2) is 61.0 Å². The number of anilines is 1. The lowest BCUT2D eigenvalue weighted by atomic mass is 9.81. The smallest absolute Gasteiger partial charge is 0.296 e. The average Bonchev–Trinajstić information content (AvgIpc) is 3.29. The Balaban J connectivity index is 1.95. The van der Waals surface area contributed by atoms with Gasteiger partial charge in [0.25, 0.3) is 17.6 Å². The maximum atomic E-state index is 14.4. The summed E-state index contributed by atoms with van der Waals surface area (Å²) in [5.41, 5.74) is 0.224. The van der Waals surface area contributed by atoms with E-state index < -0.39 is 28.9 Å². The van der Waals surface area contributed by atoms with E-state index in [9.17, 15) is 19.5 Å².